The standard InChI is InChI=1S/C9H12N2O2S/c1-11(5-6-12)9(13)7-3-2-4-10-8(7)14/h2-4,12H,5-6H2,1H3,(H,10,14). The van der Waals surface area contributed by atoms with E-state index in [2.05, 4.69) is 4.98 Å². The molecule has 1 rings (SSSR count). The summed E-state index contributed by atoms with van der Waals surface area (Å²) >= 11 is 4.97. The van der Waals surface area contributed by atoms with Crippen LogP contribution in [0.4, 0.5) is 0 Å². The van der Waals surface area contributed by atoms with E-state index in [0.29, 0.717) is 16.7 Å². The van der Waals surface area contributed by atoms with Crippen molar-refractivity contribution in [3.05, 3.63) is 28.5 Å². The molecular formula is C9H12N2O2S. The van der Waals surface area contributed by atoms with Gasteiger partial charge >= 0.3 is 0 Å². The van der Waals surface area contributed by atoms with E-state index >= 15 is 0 Å². The maximum atomic E-state index is 11.7. The highest BCUT2D eigenvalue weighted by Gasteiger charge is 2.11. The first kappa shape index (κ1) is 10.9. The minimum atomic E-state index is -0.180. The van der Waals surface area contributed by atoms with E-state index in [9.17, 15) is 4.79 Å². The summed E-state index contributed by atoms with van der Waals surface area (Å²) in [5.74, 6) is -0.180. The summed E-state index contributed by atoms with van der Waals surface area (Å²) in [5, 5.41) is 8.67. The van der Waals surface area contributed by atoms with Gasteiger partial charge in [0.15, 0.2) is 0 Å². The number of aromatic nitrogens is 1. The fraction of sp³-hybridized carbons (Fsp3) is 0.333. The third kappa shape index (κ3) is 2.40. The number of nitrogens with one attached hydrogen (secondary N) is 1. The molecule has 14 heavy (non-hydrogen) atoms. The molecule has 0 aliphatic rings. The van der Waals surface area contributed by atoms with Crippen molar-refractivity contribution in [2.45, 2.75) is 0 Å². The van der Waals surface area contributed by atoms with Crippen molar-refractivity contribution in [1.82, 2.24) is 9.88 Å². The molecule has 0 aliphatic heterocycles. The Morgan fingerprint density at radius 2 is 2.43 bits per heavy atom. The zero-order chi connectivity index (χ0) is 10.6. The Morgan fingerprint density at radius 3 is 3.00 bits per heavy atom. The summed E-state index contributed by atoms with van der Waals surface area (Å²) in [6, 6.07) is 3.38. The Kier molecular flexibility index (Phi) is 3.79. The van der Waals surface area contributed by atoms with Crippen molar-refractivity contribution in [2.24, 2.45) is 0 Å². The molecule has 0 spiro atoms. The van der Waals surface area contributed by atoms with Gasteiger partial charge in [-0.05, 0) is 12.1 Å². The fourth-order valence-corrected chi connectivity index (χ4v) is 1.27. The summed E-state index contributed by atoms with van der Waals surface area (Å²) < 4.78 is 0.419. The molecule has 0 aromatic carbocycles. The molecule has 2 N–H and O–H groups in total. The van der Waals surface area contributed by atoms with Crippen LogP contribution >= 0.6 is 12.2 Å². The van der Waals surface area contributed by atoms with Crippen LogP contribution in [0.5, 0.6) is 0 Å². The second-order valence-corrected chi connectivity index (χ2v) is 3.27. The smallest absolute Gasteiger partial charge is 0.256 e. The lowest BCUT2D eigenvalue weighted by molar-refractivity contribution is 0.0766. The van der Waals surface area contributed by atoms with Crippen LogP contribution in [0.2, 0.25) is 0 Å². The lowest BCUT2D eigenvalue weighted by Gasteiger charge is -2.15. The topological polar surface area (TPSA) is 56.3 Å². The number of aliphatic hydroxyl groups excluding tert-OH is 1. The number of likely N-dealkylation sites (N-methyl/N-ethyl adjacent to an activating group) is 1. The minimum Gasteiger partial charge on any atom is -0.395 e. The Labute approximate surface area is 87.2 Å². The van der Waals surface area contributed by atoms with Crippen LogP contribution in [0, 0.1) is 4.64 Å². The molecule has 0 fully saturated rings. The molecule has 76 valence electrons. The van der Waals surface area contributed by atoms with Crippen LogP contribution < -0.4 is 0 Å². The minimum absolute atomic E-state index is 0.0500. The molecule has 0 saturated heterocycles. The highest BCUT2D eigenvalue weighted by Crippen LogP contribution is 2.03. The van der Waals surface area contributed by atoms with Crippen molar-refractivity contribution in [1.29, 1.82) is 0 Å². The molecule has 1 aromatic rings. The number of nitrogens with zero attached hydrogens (tertiary/aromatic N) is 1. The van der Waals surface area contributed by atoms with Crippen molar-refractivity contribution in [3.63, 3.8) is 0 Å². The van der Waals surface area contributed by atoms with Crippen LogP contribution in [0.15, 0.2) is 18.3 Å². The molecular weight excluding hydrogens is 200 g/mol. The number of pyridine rings is 1. The number of carbonyl (C=O) groups is 1. The predicted octanol–water partition coefficient (Wildman–Crippen LogP) is 0.808. The molecule has 1 heterocycles. The van der Waals surface area contributed by atoms with Gasteiger partial charge in [-0.15, -0.1) is 0 Å². The number of rotatable bonds is 3. The fourth-order valence-electron chi connectivity index (χ4n) is 1.05. The van der Waals surface area contributed by atoms with E-state index < -0.39 is 0 Å². The van der Waals surface area contributed by atoms with Gasteiger partial charge < -0.3 is 15.0 Å². The molecule has 0 bridgehead atoms. The first-order valence-corrected chi connectivity index (χ1v) is 4.61. The first-order valence-electron chi connectivity index (χ1n) is 4.21. The lowest BCUT2D eigenvalue weighted by Crippen LogP contribution is -2.29. The maximum Gasteiger partial charge on any atom is 0.256 e. The molecule has 0 atom stereocenters. The average molecular weight is 212 g/mol. The van der Waals surface area contributed by atoms with E-state index in [1.54, 1.807) is 25.4 Å². The zero-order valence-corrected chi connectivity index (χ0v) is 8.67. The molecule has 0 aliphatic carbocycles. The Bertz CT molecular complexity index is 375. The number of hydrogen-bond acceptors (Lipinski definition) is 3. The van der Waals surface area contributed by atoms with Gasteiger partial charge in [0.1, 0.15) is 4.64 Å². The monoisotopic (exact) mass is 212 g/mol. The van der Waals surface area contributed by atoms with Crippen molar-refractivity contribution >= 4 is 18.1 Å². The van der Waals surface area contributed by atoms with Crippen molar-refractivity contribution in [3.8, 4) is 0 Å². The molecule has 0 unspecified atom stereocenters. The predicted molar refractivity (Wildman–Crippen MR) is 55.7 cm³/mol. The molecule has 1 amide bonds. The van der Waals surface area contributed by atoms with Crippen LogP contribution in [0.1, 0.15) is 10.4 Å². The van der Waals surface area contributed by atoms with Gasteiger partial charge in [0.25, 0.3) is 5.91 Å². The van der Waals surface area contributed by atoms with Crippen LogP contribution in [0.3, 0.4) is 0 Å². The van der Waals surface area contributed by atoms with Gasteiger partial charge in [0, 0.05) is 19.8 Å². The molecule has 1 aromatic heterocycles. The van der Waals surface area contributed by atoms with Gasteiger partial charge in [-0.3, -0.25) is 4.79 Å². The largest absolute Gasteiger partial charge is 0.395 e. The normalized spacial score (nSPS) is 9.86. The third-order valence-corrected chi connectivity index (χ3v) is 2.17. The van der Waals surface area contributed by atoms with Gasteiger partial charge in [-0.2, -0.15) is 0 Å². The molecule has 0 saturated carbocycles. The van der Waals surface area contributed by atoms with Crippen molar-refractivity contribution in [2.75, 3.05) is 20.2 Å². The summed E-state index contributed by atoms with van der Waals surface area (Å²) in [7, 11) is 1.63. The summed E-state index contributed by atoms with van der Waals surface area (Å²) in [4.78, 5) is 15.9. The van der Waals surface area contributed by atoms with Crippen LogP contribution in [0.25, 0.3) is 0 Å². The van der Waals surface area contributed by atoms with Gasteiger partial charge in [-0.25, -0.2) is 0 Å². The second kappa shape index (κ2) is 4.88. The average Bonchev–Trinajstić information content (AvgIpc) is 2.18. The van der Waals surface area contributed by atoms with Crippen LogP contribution in [-0.4, -0.2) is 41.1 Å². The summed E-state index contributed by atoms with van der Waals surface area (Å²) in [6.07, 6.45) is 1.67. The number of H-pyrrole nitrogens is 1. The quantitative estimate of drug-likeness (QED) is 0.729. The Morgan fingerprint density at radius 1 is 1.71 bits per heavy atom. The van der Waals surface area contributed by atoms with Gasteiger partial charge in [0.2, 0.25) is 0 Å². The first-order chi connectivity index (χ1) is 6.66. The van der Waals surface area contributed by atoms with Crippen LogP contribution in [-0.2, 0) is 0 Å². The second-order valence-electron chi connectivity index (χ2n) is 2.86. The van der Waals surface area contributed by atoms with E-state index in [-0.39, 0.29) is 12.5 Å². The van der Waals surface area contributed by atoms with E-state index in [4.69, 9.17) is 17.3 Å². The SMILES string of the molecule is CN(CCO)C(=O)c1ccc[nH]c1=S. The third-order valence-electron chi connectivity index (χ3n) is 1.83. The molecule has 5 heteroatoms. The van der Waals surface area contributed by atoms with Gasteiger partial charge in [-0.1, -0.05) is 12.2 Å². The number of hydrogen-bond donors (Lipinski definition) is 2. The Hall–Kier alpha value is -1.20. The molecule has 0 radical (unpaired) electrons. The number of aliphatic hydroxyl groups is 1. The maximum absolute atomic E-state index is 11.7. The summed E-state index contributed by atoms with van der Waals surface area (Å²) in [5.41, 5.74) is 0.457. The van der Waals surface area contributed by atoms with E-state index in [1.807, 2.05) is 0 Å². The van der Waals surface area contributed by atoms with Gasteiger partial charge in [0.05, 0.1) is 12.2 Å². The van der Waals surface area contributed by atoms with E-state index in [0.717, 1.165) is 0 Å². The van der Waals surface area contributed by atoms with Crippen molar-refractivity contribution < 1.29 is 9.90 Å². The van der Waals surface area contributed by atoms with E-state index in [1.165, 1.54) is 4.90 Å². The number of aromatic amines is 1. The Balaban J connectivity index is 2.90. The highest BCUT2D eigenvalue weighted by atomic mass is 32.1. The summed E-state index contributed by atoms with van der Waals surface area (Å²) in [6.45, 7) is 0.258. The number of amides is 1. The lowest BCUT2D eigenvalue weighted by atomic mass is 10.2. The number of carbonyl (C=O) groups excluding carboxylic acids is 1. The highest BCUT2D eigenvalue weighted by molar-refractivity contribution is 7.71. The zero-order valence-electron chi connectivity index (χ0n) is 7.86. The molecule has 4 nitrogen and oxygen atoms in total.